The lowest BCUT2D eigenvalue weighted by Crippen LogP contribution is -2.38. The molecule has 1 aromatic heterocycles. The predicted molar refractivity (Wildman–Crippen MR) is 139 cm³/mol. The number of halogens is 1. The molecule has 0 aliphatic rings. The topological polar surface area (TPSA) is 59.9 Å². The Morgan fingerprint density at radius 3 is 2.60 bits per heavy atom. The van der Waals surface area contributed by atoms with Gasteiger partial charge in [0.25, 0.3) is 0 Å². The first kappa shape index (κ1) is 24.6. The molecule has 5 nitrogen and oxygen atoms in total. The van der Waals surface area contributed by atoms with Crippen LogP contribution in [0.25, 0.3) is 10.1 Å². The summed E-state index contributed by atoms with van der Waals surface area (Å²) in [5.41, 5.74) is 2.51. The van der Waals surface area contributed by atoms with Gasteiger partial charge in [-0.3, -0.25) is 4.99 Å². The van der Waals surface area contributed by atoms with Crippen LogP contribution in [0.4, 0.5) is 0 Å². The van der Waals surface area contributed by atoms with Crippen molar-refractivity contribution in [2.75, 3.05) is 27.2 Å². The van der Waals surface area contributed by atoms with Gasteiger partial charge in [0.1, 0.15) is 6.10 Å². The molecule has 0 saturated carbocycles. The van der Waals surface area contributed by atoms with Crippen molar-refractivity contribution in [2.24, 2.45) is 4.99 Å². The van der Waals surface area contributed by atoms with Gasteiger partial charge in [-0.05, 0) is 42.2 Å². The highest BCUT2D eigenvalue weighted by Gasteiger charge is 2.12. The van der Waals surface area contributed by atoms with Gasteiger partial charge in [0.15, 0.2) is 5.96 Å². The molecule has 1 atom stereocenters. The highest BCUT2D eigenvalue weighted by molar-refractivity contribution is 14.0. The van der Waals surface area contributed by atoms with E-state index in [4.69, 9.17) is 0 Å². The first-order valence-electron chi connectivity index (χ1n) is 9.96. The molecule has 0 amide bonds. The lowest BCUT2D eigenvalue weighted by molar-refractivity contribution is 0.184. The quantitative estimate of drug-likeness (QED) is 0.227. The van der Waals surface area contributed by atoms with Crippen LogP contribution in [0.1, 0.15) is 29.0 Å². The molecule has 7 heteroatoms. The highest BCUT2D eigenvalue weighted by atomic mass is 127. The van der Waals surface area contributed by atoms with Crippen LogP contribution in [0, 0.1) is 0 Å². The van der Waals surface area contributed by atoms with Gasteiger partial charge >= 0.3 is 0 Å². The van der Waals surface area contributed by atoms with Crippen LogP contribution < -0.4 is 10.6 Å². The van der Waals surface area contributed by atoms with Gasteiger partial charge in [-0.2, -0.15) is 0 Å². The molecule has 0 fully saturated rings. The van der Waals surface area contributed by atoms with Crippen molar-refractivity contribution in [1.29, 1.82) is 0 Å². The Kier molecular flexibility index (Phi) is 10.0. The fourth-order valence-electron chi connectivity index (χ4n) is 3.13. The smallest absolute Gasteiger partial charge is 0.191 e. The Bertz CT molecular complexity index is 926. The largest absolute Gasteiger partial charge is 0.386 e. The Labute approximate surface area is 200 Å². The Balaban J connectivity index is 0.00000320. The third-order valence-electron chi connectivity index (χ3n) is 4.90. The molecule has 0 aliphatic carbocycles. The molecule has 30 heavy (non-hydrogen) atoms. The number of benzene rings is 2. The summed E-state index contributed by atoms with van der Waals surface area (Å²) in [5, 5.41) is 18.3. The van der Waals surface area contributed by atoms with Crippen LogP contribution in [-0.2, 0) is 13.1 Å². The number of rotatable bonds is 8. The molecular weight excluding hydrogens is 507 g/mol. The number of nitrogens with one attached hydrogen (secondary N) is 2. The zero-order valence-corrected chi connectivity index (χ0v) is 20.9. The van der Waals surface area contributed by atoms with Gasteiger partial charge in [0.2, 0.25) is 0 Å². The second-order valence-electron chi connectivity index (χ2n) is 7.16. The maximum atomic E-state index is 10.6. The minimum absolute atomic E-state index is 0. The second-order valence-corrected chi connectivity index (χ2v) is 8.27. The average molecular weight is 538 g/mol. The lowest BCUT2D eigenvalue weighted by Gasteiger charge is -2.16. The van der Waals surface area contributed by atoms with E-state index in [0.717, 1.165) is 18.0 Å². The van der Waals surface area contributed by atoms with E-state index in [1.807, 2.05) is 12.1 Å². The zero-order valence-electron chi connectivity index (χ0n) is 17.8. The molecule has 2 aromatic carbocycles. The van der Waals surface area contributed by atoms with E-state index >= 15 is 0 Å². The number of aliphatic hydroxyl groups excluding tert-OH is 1. The lowest BCUT2D eigenvalue weighted by atomic mass is 10.1. The van der Waals surface area contributed by atoms with Gasteiger partial charge < -0.3 is 20.6 Å². The summed E-state index contributed by atoms with van der Waals surface area (Å²) in [4.78, 5) is 7.51. The van der Waals surface area contributed by atoms with E-state index in [9.17, 15) is 5.11 Å². The second kappa shape index (κ2) is 12.2. The fourth-order valence-corrected chi connectivity index (χ4v) is 4.18. The van der Waals surface area contributed by atoms with Gasteiger partial charge in [-0.25, -0.2) is 0 Å². The number of aliphatic hydroxyl groups is 1. The van der Waals surface area contributed by atoms with Gasteiger partial charge in [0.05, 0.1) is 0 Å². The normalized spacial score (nSPS) is 12.6. The molecule has 3 N–H and O–H groups in total. The van der Waals surface area contributed by atoms with Crippen LogP contribution in [-0.4, -0.2) is 43.2 Å². The van der Waals surface area contributed by atoms with E-state index in [2.05, 4.69) is 77.0 Å². The minimum Gasteiger partial charge on any atom is -0.386 e. The number of aliphatic imine (C=N–C) groups is 1. The van der Waals surface area contributed by atoms with E-state index in [1.165, 1.54) is 21.2 Å². The van der Waals surface area contributed by atoms with Crippen molar-refractivity contribution in [1.82, 2.24) is 15.5 Å². The molecule has 0 saturated heterocycles. The number of fused-ring (bicyclic) bond motifs is 1. The standard InChI is InChI=1S/C23H30N4OS.HI/c1-4-27(3)16-18-9-7-8-17(12-18)14-25-23(24-2)26-15-20(28)22-13-19-10-5-6-11-21(19)29-22;/h5-13,20,28H,4,14-16H2,1-3H3,(H2,24,25,26);1H. The number of hydrogen-bond donors (Lipinski definition) is 3. The number of hydrogen-bond acceptors (Lipinski definition) is 4. The summed E-state index contributed by atoms with van der Waals surface area (Å²) in [6.45, 7) is 5.23. The van der Waals surface area contributed by atoms with Crippen molar-refractivity contribution >= 4 is 51.4 Å². The van der Waals surface area contributed by atoms with Crippen LogP contribution in [0.15, 0.2) is 59.6 Å². The fraction of sp³-hybridized carbons (Fsp3) is 0.348. The van der Waals surface area contributed by atoms with E-state index < -0.39 is 6.10 Å². The number of thiophene rings is 1. The summed E-state index contributed by atoms with van der Waals surface area (Å²) in [6.07, 6.45) is -0.571. The predicted octanol–water partition coefficient (Wildman–Crippen LogP) is 4.37. The van der Waals surface area contributed by atoms with Crippen LogP contribution in [0.3, 0.4) is 0 Å². The summed E-state index contributed by atoms with van der Waals surface area (Å²) in [7, 11) is 3.87. The molecule has 0 aliphatic heterocycles. The molecule has 0 bridgehead atoms. The summed E-state index contributed by atoms with van der Waals surface area (Å²) in [5.74, 6) is 0.682. The molecule has 1 unspecified atom stereocenters. The molecule has 0 radical (unpaired) electrons. The maximum absolute atomic E-state index is 10.6. The summed E-state index contributed by atoms with van der Waals surface area (Å²) >= 11 is 1.63. The monoisotopic (exact) mass is 538 g/mol. The molecule has 3 rings (SSSR count). The molecule has 0 spiro atoms. The third kappa shape index (κ3) is 6.94. The Morgan fingerprint density at radius 1 is 1.10 bits per heavy atom. The summed E-state index contributed by atoms with van der Waals surface area (Å²) in [6, 6.07) is 18.8. The van der Waals surface area contributed by atoms with E-state index in [0.29, 0.717) is 19.0 Å². The zero-order chi connectivity index (χ0) is 20.6. The van der Waals surface area contributed by atoms with Gasteiger partial charge in [-0.15, -0.1) is 35.3 Å². The van der Waals surface area contributed by atoms with E-state index in [1.54, 1.807) is 18.4 Å². The van der Waals surface area contributed by atoms with Gasteiger partial charge in [0, 0.05) is 36.3 Å². The third-order valence-corrected chi connectivity index (χ3v) is 6.12. The molecular formula is C23H31IN4OS. The van der Waals surface area contributed by atoms with E-state index in [-0.39, 0.29) is 24.0 Å². The average Bonchev–Trinajstić information content (AvgIpc) is 3.18. The van der Waals surface area contributed by atoms with Crippen molar-refractivity contribution < 1.29 is 5.11 Å². The maximum Gasteiger partial charge on any atom is 0.191 e. The molecule has 1 heterocycles. The Hall–Kier alpha value is -1.68. The summed E-state index contributed by atoms with van der Waals surface area (Å²) < 4.78 is 1.19. The van der Waals surface area contributed by atoms with Crippen molar-refractivity contribution in [3.63, 3.8) is 0 Å². The minimum atomic E-state index is -0.571. The van der Waals surface area contributed by atoms with Crippen molar-refractivity contribution in [3.8, 4) is 0 Å². The number of guanidine groups is 1. The van der Waals surface area contributed by atoms with Gasteiger partial charge in [-0.1, -0.05) is 49.4 Å². The Morgan fingerprint density at radius 2 is 1.87 bits per heavy atom. The van der Waals surface area contributed by atoms with Crippen molar-refractivity contribution in [3.05, 3.63) is 70.6 Å². The molecule has 162 valence electrons. The first-order chi connectivity index (χ1) is 14.1. The highest BCUT2D eigenvalue weighted by Crippen LogP contribution is 2.29. The number of nitrogens with zero attached hydrogens (tertiary/aromatic N) is 2. The first-order valence-corrected chi connectivity index (χ1v) is 10.8. The SMILES string of the molecule is CCN(C)Cc1cccc(CNC(=NC)NCC(O)c2cc3ccccc3s2)c1.I. The molecule has 3 aromatic rings. The van der Waals surface area contributed by atoms with Crippen molar-refractivity contribution in [2.45, 2.75) is 26.1 Å². The van der Waals surface area contributed by atoms with Crippen LogP contribution >= 0.6 is 35.3 Å². The van der Waals surface area contributed by atoms with Crippen LogP contribution in [0.5, 0.6) is 0 Å². The van der Waals surface area contributed by atoms with Crippen LogP contribution in [0.2, 0.25) is 0 Å².